The molecule has 162 valence electrons. The highest BCUT2D eigenvalue weighted by molar-refractivity contribution is 7.90. The van der Waals surface area contributed by atoms with Gasteiger partial charge in [0.15, 0.2) is 16.8 Å². The molecule has 2 N–H and O–H groups in total. The third kappa shape index (κ3) is 4.54. The van der Waals surface area contributed by atoms with Crippen LogP contribution < -0.4 is 14.8 Å². The lowest BCUT2D eigenvalue weighted by molar-refractivity contribution is 0.0194. The molecular formula is C15H18ClN7O6S. The molecule has 3 rings (SSSR count). The van der Waals surface area contributed by atoms with Crippen molar-refractivity contribution in [2.75, 3.05) is 19.0 Å². The molecule has 0 radical (unpaired) electrons. The summed E-state index contributed by atoms with van der Waals surface area (Å²) in [6.45, 7) is 3.54. The van der Waals surface area contributed by atoms with Crippen molar-refractivity contribution >= 4 is 39.5 Å². The lowest BCUT2D eigenvalue weighted by Gasteiger charge is -2.20. The number of aryl methyl sites for hydroxylation is 2. The Labute approximate surface area is 176 Å². The van der Waals surface area contributed by atoms with Crippen molar-refractivity contribution in [2.24, 2.45) is 12.2 Å². The second-order valence-electron chi connectivity index (χ2n) is 6.15. The normalized spacial score (nSPS) is 16.2. The van der Waals surface area contributed by atoms with E-state index in [-0.39, 0.29) is 35.0 Å². The van der Waals surface area contributed by atoms with Gasteiger partial charge in [0.1, 0.15) is 11.7 Å². The Morgan fingerprint density at radius 1 is 1.40 bits per heavy atom. The van der Waals surface area contributed by atoms with E-state index in [1.165, 1.54) is 20.2 Å². The van der Waals surface area contributed by atoms with Crippen molar-refractivity contribution in [2.45, 2.75) is 25.0 Å². The van der Waals surface area contributed by atoms with Crippen molar-refractivity contribution in [3.63, 3.8) is 0 Å². The van der Waals surface area contributed by atoms with E-state index >= 15 is 0 Å². The number of hydrogen-bond acceptors (Lipinski definition) is 10. The number of nitrogens with one attached hydrogen (secondary N) is 2. The number of hydrogen-bond donors (Lipinski definition) is 2. The second kappa shape index (κ2) is 8.31. The molecule has 0 saturated carbocycles. The number of amides is 2. The van der Waals surface area contributed by atoms with Crippen LogP contribution in [0.3, 0.4) is 0 Å². The quantitative estimate of drug-likeness (QED) is 0.658. The van der Waals surface area contributed by atoms with Gasteiger partial charge in [-0.3, -0.25) is 10.00 Å². The maximum Gasteiger partial charge on any atom is 0.335 e. The van der Waals surface area contributed by atoms with E-state index in [9.17, 15) is 13.2 Å². The average molecular weight is 460 g/mol. The number of urea groups is 1. The summed E-state index contributed by atoms with van der Waals surface area (Å²) in [4.78, 5) is 25.2. The summed E-state index contributed by atoms with van der Waals surface area (Å²) in [7, 11) is -1.73. The van der Waals surface area contributed by atoms with E-state index in [0.717, 1.165) is 4.68 Å². The summed E-state index contributed by atoms with van der Waals surface area (Å²) in [6.07, 6.45) is -0.394. The molecule has 0 spiro atoms. The first-order valence-electron chi connectivity index (χ1n) is 8.43. The molecule has 30 heavy (non-hydrogen) atoms. The number of carbonyl (C=O) groups excluding carboxylic acids is 1. The Morgan fingerprint density at radius 3 is 2.80 bits per heavy atom. The number of sulfonamides is 1. The van der Waals surface area contributed by atoms with E-state index in [1.54, 1.807) is 13.8 Å². The van der Waals surface area contributed by atoms with Crippen molar-refractivity contribution in [3.05, 3.63) is 22.5 Å². The Morgan fingerprint density at radius 2 is 2.13 bits per heavy atom. The summed E-state index contributed by atoms with van der Waals surface area (Å²) in [6, 6.07) is 0.430. The fourth-order valence-corrected chi connectivity index (χ4v) is 4.09. The highest BCUT2D eigenvalue weighted by atomic mass is 35.5. The van der Waals surface area contributed by atoms with Gasteiger partial charge in [-0.25, -0.2) is 14.5 Å². The number of anilines is 1. The van der Waals surface area contributed by atoms with Crippen LogP contribution in [-0.2, 0) is 26.6 Å². The number of aromatic nitrogens is 4. The Bertz CT molecular complexity index is 1120. The van der Waals surface area contributed by atoms with Crippen LogP contribution in [0.5, 0.6) is 5.88 Å². The molecule has 1 atom stereocenters. The Hall–Kier alpha value is -3.13. The molecule has 1 aliphatic heterocycles. The fourth-order valence-electron chi connectivity index (χ4n) is 2.51. The van der Waals surface area contributed by atoms with Gasteiger partial charge in [0, 0.05) is 18.8 Å². The maximum absolute atomic E-state index is 12.9. The molecule has 13 nitrogen and oxygen atoms in total. The van der Waals surface area contributed by atoms with Gasteiger partial charge in [-0.15, -0.1) is 0 Å². The molecule has 2 aromatic heterocycles. The van der Waals surface area contributed by atoms with Crippen LogP contribution >= 0.6 is 11.6 Å². The summed E-state index contributed by atoms with van der Waals surface area (Å²) in [5.41, 5.74) is 0.363. The molecule has 0 aromatic carbocycles. The number of halogens is 1. The number of methoxy groups -OCH3 is 1. The van der Waals surface area contributed by atoms with Gasteiger partial charge in [-0.2, -0.15) is 18.5 Å². The van der Waals surface area contributed by atoms with Crippen LogP contribution in [-0.4, -0.2) is 59.9 Å². The first kappa shape index (κ1) is 21.6. The molecule has 0 fully saturated rings. The fraction of sp³-hybridized carbons (Fsp3) is 0.400. The van der Waals surface area contributed by atoms with Gasteiger partial charge in [0.25, 0.3) is 15.9 Å². The minimum atomic E-state index is -4.46. The molecule has 2 aromatic rings. The second-order valence-corrected chi connectivity index (χ2v) is 8.11. The van der Waals surface area contributed by atoms with Gasteiger partial charge in [0.05, 0.1) is 7.11 Å². The van der Waals surface area contributed by atoms with Gasteiger partial charge in [0.2, 0.25) is 11.8 Å². The molecule has 0 aliphatic carbocycles. The summed E-state index contributed by atoms with van der Waals surface area (Å²) in [5.74, 6) is -0.118. The van der Waals surface area contributed by atoms with E-state index in [2.05, 4.69) is 25.5 Å². The third-order valence-corrected chi connectivity index (χ3v) is 5.38. The predicted molar refractivity (Wildman–Crippen MR) is 104 cm³/mol. The molecule has 2 amide bonds. The predicted octanol–water partition coefficient (Wildman–Crippen LogP) is 0.788. The molecule has 15 heteroatoms. The largest absolute Gasteiger partial charge is 0.481 e. The summed E-state index contributed by atoms with van der Waals surface area (Å²) in [5, 5.41) is 9.18. The highest BCUT2D eigenvalue weighted by Crippen LogP contribution is 2.26. The first-order chi connectivity index (χ1) is 14.1. The minimum Gasteiger partial charge on any atom is -0.481 e. The van der Waals surface area contributed by atoms with Crippen LogP contribution in [0.15, 0.2) is 16.2 Å². The molecule has 3 heterocycles. The number of rotatable bonds is 5. The van der Waals surface area contributed by atoms with Crippen molar-refractivity contribution in [1.29, 1.82) is 0 Å². The smallest absolute Gasteiger partial charge is 0.335 e. The molecular weight excluding hydrogens is 442 g/mol. The van der Waals surface area contributed by atoms with E-state index < -0.39 is 27.2 Å². The van der Waals surface area contributed by atoms with Crippen molar-refractivity contribution in [1.82, 2.24) is 24.5 Å². The minimum absolute atomic E-state index is 0.139. The maximum atomic E-state index is 12.9. The van der Waals surface area contributed by atoms with Crippen LogP contribution in [0.1, 0.15) is 18.2 Å². The zero-order chi connectivity index (χ0) is 22.1. The van der Waals surface area contributed by atoms with Crippen molar-refractivity contribution < 1.29 is 27.5 Å². The summed E-state index contributed by atoms with van der Waals surface area (Å²) >= 11 is 6.08. The van der Waals surface area contributed by atoms with Gasteiger partial charge in [-0.1, -0.05) is 11.6 Å². The van der Waals surface area contributed by atoms with E-state index in [0.29, 0.717) is 5.69 Å². The molecule has 0 bridgehead atoms. The standard InChI is InChI=1S/C15H18ClN7O6S/c1-7-5-9(27-4)18-14(17-7)19-15(24)22-30(25,26)13-10(11(16)20-23(13)3)12-21-28-6-8(2)29-12/h5,8H,6H2,1-4H3,(H2,17,18,19,22,24). The SMILES string of the molecule is COc1cc(C)nc(NC(=O)NS(=O)(=O)c2c(C3=NOCC(C)O3)c(Cl)nn2C)n1. The molecule has 0 saturated heterocycles. The number of nitrogens with zero attached hydrogens (tertiary/aromatic N) is 5. The van der Waals surface area contributed by atoms with Crippen molar-refractivity contribution in [3.8, 4) is 5.88 Å². The Balaban J connectivity index is 1.88. The van der Waals surface area contributed by atoms with Crippen LogP contribution in [0.2, 0.25) is 5.15 Å². The van der Waals surface area contributed by atoms with E-state index in [4.69, 9.17) is 25.9 Å². The lowest BCUT2D eigenvalue weighted by atomic mass is 10.3. The van der Waals surface area contributed by atoms with Gasteiger partial charge in [-0.05, 0) is 19.0 Å². The topological polar surface area (TPSA) is 159 Å². The number of oxime groups is 1. The van der Waals surface area contributed by atoms with E-state index in [1.807, 2.05) is 4.72 Å². The first-order valence-corrected chi connectivity index (χ1v) is 10.3. The van der Waals surface area contributed by atoms with Crippen LogP contribution in [0, 0.1) is 6.92 Å². The molecule has 1 aliphatic rings. The number of carbonyl (C=O) groups is 1. The average Bonchev–Trinajstić information content (AvgIpc) is 2.95. The van der Waals surface area contributed by atoms with Gasteiger partial charge < -0.3 is 14.3 Å². The Kier molecular flexibility index (Phi) is 5.98. The monoisotopic (exact) mass is 459 g/mol. The molecule has 1 unspecified atom stereocenters. The zero-order valence-corrected chi connectivity index (χ0v) is 17.9. The highest BCUT2D eigenvalue weighted by Gasteiger charge is 2.34. The van der Waals surface area contributed by atoms with Gasteiger partial charge >= 0.3 is 6.03 Å². The van der Waals surface area contributed by atoms with Crippen LogP contribution in [0.4, 0.5) is 10.7 Å². The number of ether oxygens (including phenoxy) is 2. The lowest BCUT2D eigenvalue weighted by Crippen LogP contribution is -2.37. The zero-order valence-electron chi connectivity index (χ0n) is 16.3. The van der Waals surface area contributed by atoms with Crippen LogP contribution in [0.25, 0.3) is 0 Å². The third-order valence-electron chi connectivity index (χ3n) is 3.68. The summed E-state index contributed by atoms with van der Waals surface area (Å²) < 4.78 is 39.1.